The van der Waals surface area contributed by atoms with Gasteiger partial charge in [-0.25, -0.2) is 0 Å². The van der Waals surface area contributed by atoms with Crippen molar-refractivity contribution in [1.82, 2.24) is 4.90 Å². The molecule has 0 fully saturated rings. The molecule has 0 N–H and O–H groups in total. The molecular formula is C15H23NO. The molecule has 0 atom stereocenters. The van der Waals surface area contributed by atoms with E-state index in [1.165, 1.54) is 5.56 Å². The molecule has 1 aromatic carbocycles. The van der Waals surface area contributed by atoms with Crippen molar-refractivity contribution in [2.24, 2.45) is 0 Å². The van der Waals surface area contributed by atoms with E-state index in [1.807, 2.05) is 23.1 Å². The molecule has 0 spiro atoms. The Morgan fingerprint density at radius 3 is 2.47 bits per heavy atom. The van der Waals surface area contributed by atoms with Crippen molar-refractivity contribution in [3.8, 4) is 0 Å². The fraction of sp³-hybridized carbons (Fsp3) is 0.533. The lowest BCUT2D eigenvalue weighted by Gasteiger charge is -2.20. The van der Waals surface area contributed by atoms with Gasteiger partial charge in [-0.15, -0.1) is 0 Å². The minimum atomic E-state index is 0.282. The van der Waals surface area contributed by atoms with Crippen LogP contribution in [0.4, 0.5) is 0 Å². The molecule has 0 heterocycles. The van der Waals surface area contributed by atoms with Gasteiger partial charge in [0.05, 0.1) is 0 Å². The van der Waals surface area contributed by atoms with Crippen molar-refractivity contribution in [2.45, 2.75) is 39.5 Å². The average Bonchev–Trinajstić information content (AvgIpc) is 2.38. The summed E-state index contributed by atoms with van der Waals surface area (Å²) in [5, 5.41) is 0. The van der Waals surface area contributed by atoms with Crippen molar-refractivity contribution in [3.05, 3.63) is 35.9 Å². The SMILES string of the molecule is CCCCN(CC)C(=O)CCc1ccccc1. The fourth-order valence-electron chi connectivity index (χ4n) is 1.86. The Bertz CT molecular complexity index is 321. The van der Waals surface area contributed by atoms with Crippen molar-refractivity contribution < 1.29 is 4.79 Å². The summed E-state index contributed by atoms with van der Waals surface area (Å²) in [5.74, 6) is 0.282. The summed E-state index contributed by atoms with van der Waals surface area (Å²) < 4.78 is 0. The Hall–Kier alpha value is -1.31. The number of rotatable bonds is 7. The predicted molar refractivity (Wildman–Crippen MR) is 71.9 cm³/mol. The van der Waals surface area contributed by atoms with E-state index in [4.69, 9.17) is 0 Å². The van der Waals surface area contributed by atoms with Crippen LogP contribution in [0.3, 0.4) is 0 Å². The summed E-state index contributed by atoms with van der Waals surface area (Å²) in [6.45, 7) is 5.94. The Labute approximate surface area is 105 Å². The lowest BCUT2D eigenvalue weighted by molar-refractivity contribution is -0.131. The molecule has 0 saturated heterocycles. The number of nitrogens with zero attached hydrogens (tertiary/aromatic N) is 1. The van der Waals surface area contributed by atoms with E-state index >= 15 is 0 Å². The smallest absolute Gasteiger partial charge is 0.222 e. The molecule has 0 aliphatic carbocycles. The van der Waals surface area contributed by atoms with E-state index < -0.39 is 0 Å². The van der Waals surface area contributed by atoms with Crippen LogP contribution in [-0.2, 0) is 11.2 Å². The van der Waals surface area contributed by atoms with Gasteiger partial charge in [0.15, 0.2) is 0 Å². The number of amides is 1. The average molecular weight is 233 g/mol. The van der Waals surface area contributed by atoms with Crippen LogP contribution in [0.2, 0.25) is 0 Å². The summed E-state index contributed by atoms with van der Waals surface area (Å²) in [4.78, 5) is 13.9. The second kappa shape index (κ2) is 7.88. The molecule has 0 unspecified atom stereocenters. The van der Waals surface area contributed by atoms with Gasteiger partial charge in [-0.1, -0.05) is 43.7 Å². The van der Waals surface area contributed by atoms with Gasteiger partial charge >= 0.3 is 0 Å². The maximum absolute atomic E-state index is 12.0. The number of aryl methyl sites for hydroxylation is 1. The Morgan fingerprint density at radius 2 is 1.88 bits per heavy atom. The van der Waals surface area contributed by atoms with Crippen LogP contribution in [-0.4, -0.2) is 23.9 Å². The summed E-state index contributed by atoms with van der Waals surface area (Å²) in [6, 6.07) is 10.2. The Balaban J connectivity index is 2.37. The summed E-state index contributed by atoms with van der Waals surface area (Å²) in [5.41, 5.74) is 1.24. The quantitative estimate of drug-likeness (QED) is 0.708. The molecule has 0 aliphatic heterocycles. The molecule has 1 aromatic rings. The van der Waals surface area contributed by atoms with Crippen molar-refractivity contribution in [3.63, 3.8) is 0 Å². The Kier molecular flexibility index (Phi) is 6.38. The van der Waals surface area contributed by atoms with Crippen molar-refractivity contribution in [1.29, 1.82) is 0 Å². The standard InChI is InChI=1S/C15H23NO/c1-3-5-13-16(4-2)15(17)12-11-14-9-7-6-8-10-14/h6-10H,3-5,11-13H2,1-2H3. The Morgan fingerprint density at radius 1 is 1.18 bits per heavy atom. The van der Waals surface area contributed by atoms with E-state index in [9.17, 15) is 4.79 Å². The van der Waals surface area contributed by atoms with Gasteiger partial charge in [0.1, 0.15) is 0 Å². The van der Waals surface area contributed by atoms with Gasteiger partial charge in [-0.05, 0) is 25.3 Å². The molecule has 94 valence electrons. The second-order valence-corrected chi connectivity index (χ2v) is 4.31. The molecule has 0 aromatic heterocycles. The lowest BCUT2D eigenvalue weighted by atomic mass is 10.1. The van der Waals surface area contributed by atoms with Crippen molar-refractivity contribution >= 4 is 5.91 Å². The van der Waals surface area contributed by atoms with Crippen LogP contribution in [0.5, 0.6) is 0 Å². The van der Waals surface area contributed by atoms with Crippen LogP contribution in [0.1, 0.15) is 38.7 Å². The largest absolute Gasteiger partial charge is 0.343 e. The maximum atomic E-state index is 12.0. The molecule has 2 heteroatoms. The molecule has 1 rings (SSSR count). The zero-order chi connectivity index (χ0) is 12.5. The first kappa shape index (κ1) is 13.8. The van der Waals surface area contributed by atoms with E-state index in [2.05, 4.69) is 26.0 Å². The highest BCUT2D eigenvalue weighted by molar-refractivity contribution is 5.76. The third kappa shape index (κ3) is 5.03. The van der Waals surface area contributed by atoms with Gasteiger partial charge in [0, 0.05) is 19.5 Å². The summed E-state index contributed by atoms with van der Waals surface area (Å²) in [6.07, 6.45) is 3.72. The zero-order valence-electron chi connectivity index (χ0n) is 11.0. The van der Waals surface area contributed by atoms with Crippen LogP contribution >= 0.6 is 0 Å². The third-order valence-electron chi connectivity index (χ3n) is 2.99. The first-order chi connectivity index (χ1) is 8.27. The van der Waals surface area contributed by atoms with Gasteiger partial charge in [0.25, 0.3) is 0 Å². The van der Waals surface area contributed by atoms with Crippen LogP contribution in [0, 0.1) is 0 Å². The molecule has 0 bridgehead atoms. The molecule has 0 aliphatic rings. The fourth-order valence-corrected chi connectivity index (χ4v) is 1.86. The predicted octanol–water partition coefficient (Wildman–Crippen LogP) is 3.27. The molecule has 2 nitrogen and oxygen atoms in total. The topological polar surface area (TPSA) is 20.3 Å². The summed E-state index contributed by atoms with van der Waals surface area (Å²) in [7, 11) is 0. The first-order valence-electron chi connectivity index (χ1n) is 6.59. The van der Waals surface area contributed by atoms with Gasteiger partial charge in [-0.2, -0.15) is 0 Å². The van der Waals surface area contributed by atoms with E-state index in [-0.39, 0.29) is 5.91 Å². The molecular weight excluding hydrogens is 210 g/mol. The molecule has 0 radical (unpaired) electrons. The molecule has 0 saturated carbocycles. The number of carbonyl (C=O) groups excluding carboxylic acids is 1. The molecule has 17 heavy (non-hydrogen) atoms. The zero-order valence-corrected chi connectivity index (χ0v) is 11.0. The number of unbranched alkanes of at least 4 members (excludes halogenated alkanes) is 1. The summed E-state index contributed by atoms with van der Waals surface area (Å²) >= 11 is 0. The number of benzene rings is 1. The minimum absolute atomic E-state index is 0.282. The van der Waals surface area contributed by atoms with Gasteiger partial charge in [-0.3, -0.25) is 4.79 Å². The minimum Gasteiger partial charge on any atom is -0.343 e. The highest BCUT2D eigenvalue weighted by Crippen LogP contribution is 2.05. The maximum Gasteiger partial charge on any atom is 0.222 e. The van der Waals surface area contributed by atoms with E-state index in [0.717, 1.165) is 32.4 Å². The monoisotopic (exact) mass is 233 g/mol. The van der Waals surface area contributed by atoms with Crippen LogP contribution < -0.4 is 0 Å². The van der Waals surface area contributed by atoms with E-state index in [1.54, 1.807) is 0 Å². The van der Waals surface area contributed by atoms with Crippen LogP contribution in [0.25, 0.3) is 0 Å². The third-order valence-corrected chi connectivity index (χ3v) is 2.99. The van der Waals surface area contributed by atoms with Crippen LogP contribution in [0.15, 0.2) is 30.3 Å². The number of hydrogen-bond donors (Lipinski definition) is 0. The number of hydrogen-bond acceptors (Lipinski definition) is 1. The van der Waals surface area contributed by atoms with Gasteiger partial charge < -0.3 is 4.90 Å². The molecule has 1 amide bonds. The lowest BCUT2D eigenvalue weighted by Crippen LogP contribution is -2.31. The highest BCUT2D eigenvalue weighted by atomic mass is 16.2. The normalized spacial score (nSPS) is 10.2. The van der Waals surface area contributed by atoms with Gasteiger partial charge in [0.2, 0.25) is 5.91 Å². The van der Waals surface area contributed by atoms with E-state index in [0.29, 0.717) is 6.42 Å². The number of carbonyl (C=O) groups is 1. The second-order valence-electron chi connectivity index (χ2n) is 4.31. The highest BCUT2D eigenvalue weighted by Gasteiger charge is 2.10. The van der Waals surface area contributed by atoms with Crippen molar-refractivity contribution in [2.75, 3.05) is 13.1 Å². The first-order valence-corrected chi connectivity index (χ1v) is 6.59.